The van der Waals surface area contributed by atoms with Crippen LogP contribution in [0.25, 0.3) is 0 Å². The smallest absolute Gasteiger partial charge is 0.194 e. The summed E-state index contributed by atoms with van der Waals surface area (Å²) in [5.74, 6) is 0.648. The zero-order chi connectivity index (χ0) is 16.5. The molecular weight excluding hydrogens is 422 g/mol. The highest BCUT2D eigenvalue weighted by molar-refractivity contribution is 14.0. The van der Waals surface area contributed by atoms with Crippen LogP contribution >= 0.6 is 24.0 Å². The van der Waals surface area contributed by atoms with Crippen molar-refractivity contribution in [3.05, 3.63) is 35.6 Å². The van der Waals surface area contributed by atoms with E-state index in [9.17, 15) is 4.39 Å². The van der Waals surface area contributed by atoms with Crippen LogP contribution in [0.4, 0.5) is 4.39 Å². The largest absolute Gasteiger partial charge is 0.379 e. The highest BCUT2D eigenvalue weighted by Gasteiger charge is 2.10. The number of benzene rings is 1. The van der Waals surface area contributed by atoms with E-state index in [2.05, 4.69) is 15.2 Å². The van der Waals surface area contributed by atoms with Crippen molar-refractivity contribution < 1.29 is 9.13 Å². The van der Waals surface area contributed by atoms with Crippen LogP contribution in [0.2, 0.25) is 0 Å². The maximum Gasteiger partial charge on any atom is 0.194 e. The van der Waals surface area contributed by atoms with E-state index in [0.717, 1.165) is 57.5 Å². The lowest BCUT2D eigenvalue weighted by Crippen LogP contribution is -2.40. The topological polar surface area (TPSA) is 40.1 Å². The molecule has 1 N–H and O–H groups in total. The predicted molar refractivity (Wildman–Crippen MR) is 107 cm³/mol. The molecule has 0 radical (unpaired) electrons. The predicted octanol–water partition coefficient (Wildman–Crippen LogP) is 2.17. The first-order chi connectivity index (χ1) is 11.2. The van der Waals surface area contributed by atoms with Gasteiger partial charge in [-0.25, -0.2) is 4.39 Å². The lowest BCUT2D eigenvalue weighted by molar-refractivity contribution is 0.0394. The number of nitrogens with one attached hydrogen (secondary N) is 1. The molecule has 1 heterocycles. The summed E-state index contributed by atoms with van der Waals surface area (Å²) in [6, 6.07) is 6.69. The van der Waals surface area contributed by atoms with Gasteiger partial charge in [-0.15, -0.1) is 24.0 Å². The van der Waals surface area contributed by atoms with Gasteiger partial charge >= 0.3 is 0 Å². The standard InChI is InChI=1S/C17H27FN4O.HI/c1-3-19-17(20-7-8-22-9-11-23-12-10-22)21(2)14-15-5-4-6-16(18)13-15;/h4-6,13H,3,7-12,14H2,1-2H3,(H,19,20);1H. The number of morpholine rings is 1. The minimum absolute atomic E-state index is 0. The number of nitrogens with zero attached hydrogens (tertiary/aromatic N) is 3. The Hall–Kier alpha value is -0.930. The SMILES string of the molecule is CCNC(=NCCN1CCOCC1)N(C)Cc1cccc(F)c1.I. The van der Waals surface area contributed by atoms with Gasteiger partial charge in [0.2, 0.25) is 0 Å². The Labute approximate surface area is 161 Å². The molecule has 0 aromatic heterocycles. The molecular formula is C17H28FIN4O. The quantitative estimate of drug-likeness (QED) is 0.410. The molecule has 0 atom stereocenters. The monoisotopic (exact) mass is 450 g/mol. The average molecular weight is 450 g/mol. The van der Waals surface area contributed by atoms with Gasteiger partial charge in [0.05, 0.1) is 19.8 Å². The maximum atomic E-state index is 13.3. The molecule has 1 aromatic rings. The Balaban J connectivity index is 0.00000288. The third-order valence-electron chi connectivity index (χ3n) is 3.79. The molecule has 1 aliphatic rings. The van der Waals surface area contributed by atoms with E-state index in [-0.39, 0.29) is 29.8 Å². The van der Waals surface area contributed by atoms with Crippen LogP contribution < -0.4 is 5.32 Å². The van der Waals surface area contributed by atoms with Gasteiger partial charge in [0.1, 0.15) is 5.82 Å². The maximum absolute atomic E-state index is 13.3. The van der Waals surface area contributed by atoms with Crippen molar-refractivity contribution in [1.82, 2.24) is 15.1 Å². The summed E-state index contributed by atoms with van der Waals surface area (Å²) in [5.41, 5.74) is 0.936. The van der Waals surface area contributed by atoms with Gasteiger partial charge in [-0.1, -0.05) is 12.1 Å². The second-order valence-electron chi connectivity index (χ2n) is 5.68. The normalized spacial score (nSPS) is 15.7. The van der Waals surface area contributed by atoms with Crippen molar-refractivity contribution in [2.45, 2.75) is 13.5 Å². The summed E-state index contributed by atoms with van der Waals surface area (Å²) in [6.07, 6.45) is 0. The Bertz CT molecular complexity index is 509. The van der Waals surface area contributed by atoms with Gasteiger partial charge in [-0.05, 0) is 24.6 Å². The summed E-state index contributed by atoms with van der Waals surface area (Å²) in [4.78, 5) is 9.07. The van der Waals surface area contributed by atoms with Crippen LogP contribution in [-0.2, 0) is 11.3 Å². The Morgan fingerprint density at radius 3 is 2.79 bits per heavy atom. The summed E-state index contributed by atoms with van der Waals surface area (Å²) >= 11 is 0. The Morgan fingerprint density at radius 1 is 1.38 bits per heavy atom. The van der Waals surface area contributed by atoms with Crippen molar-refractivity contribution in [2.24, 2.45) is 4.99 Å². The van der Waals surface area contributed by atoms with Crippen LogP contribution in [0.1, 0.15) is 12.5 Å². The molecule has 0 bridgehead atoms. The molecule has 1 aliphatic heterocycles. The third kappa shape index (κ3) is 7.31. The molecule has 136 valence electrons. The van der Waals surface area contributed by atoms with Gasteiger partial charge in [0.15, 0.2) is 5.96 Å². The van der Waals surface area contributed by atoms with Crippen LogP contribution in [0, 0.1) is 5.82 Å². The number of halogens is 2. The van der Waals surface area contributed by atoms with Crippen LogP contribution in [-0.4, -0.2) is 68.7 Å². The molecule has 1 aromatic carbocycles. The van der Waals surface area contributed by atoms with E-state index in [1.807, 2.05) is 24.9 Å². The lowest BCUT2D eigenvalue weighted by atomic mass is 10.2. The molecule has 1 saturated heterocycles. The molecule has 7 heteroatoms. The molecule has 0 aliphatic carbocycles. The molecule has 1 fully saturated rings. The summed E-state index contributed by atoms with van der Waals surface area (Å²) in [5, 5.41) is 3.29. The number of ether oxygens (including phenoxy) is 1. The van der Waals surface area contributed by atoms with Gasteiger partial charge in [-0.2, -0.15) is 0 Å². The first-order valence-electron chi connectivity index (χ1n) is 8.23. The third-order valence-corrected chi connectivity index (χ3v) is 3.79. The first-order valence-corrected chi connectivity index (χ1v) is 8.23. The molecule has 0 saturated carbocycles. The number of aliphatic imine (C=N–C) groups is 1. The van der Waals surface area contributed by atoms with Crippen LogP contribution in [0.5, 0.6) is 0 Å². The number of guanidine groups is 1. The minimum Gasteiger partial charge on any atom is -0.379 e. The summed E-state index contributed by atoms with van der Waals surface area (Å²) in [6.45, 7) is 8.74. The fraction of sp³-hybridized carbons (Fsp3) is 0.588. The van der Waals surface area contributed by atoms with Crippen LogP contribution in [0.3, 0.4) is 0 Å². The van der Waals surface area contributed by atoms with E-state index in [4.69, 9.17) is 4.74 Å². The Kier molecular flexibility index (Phi) is 10.2. The van der Waals surface area contributed by atoms with Gasteiger partial charge in [0.25, 0.3) is 0 Å². The van der Waals surface area contributed by atoms with Crippen LogP contribution in [0.15, 0.2) is 29.3 Å². The van der Waals surface area contributed by atoms with Gasteiger partial charge < -0.3 is 15.0 Å². The fourth-order valence-corrected chi connectivity index (χ4v) is 2.58. The molecule has 24 heavy (non-hydrogen) atoms. The molecule has 2 rings (SSSR count). The summed E-state index contributed by atoms with van der Waals surface area (Å²) < 4.78 is 18.6. The average Bonchev–Trinajstić information content (AvgIpc) is 2.55. The molecule has 5 nitrogen and oxygen atoms in total. The van der Waals surface area contributed by atoms with Gasteiger partial charge in [-0.3, -0.25) is 9.89 Å². The molecule has 0 amide bonds. The second kappa shape index (κ2) is 11.6. The van der Waals surface area contributed by atoms with E-state index in [1.165, 1.54) is 6.07 Å². The van der Waals surface area contributed by atoms with E-state index >= 15 is 0 Å². The van der Waals surface area contributed by atoms with Crippen molar-refractivity contribution in [3.63, 3.8) is 0 Å². The Morgan fingerprint density at radius 2 is 2.12 bits per heavy atom. The number of hydrogen-bond donors (Lipinski definition) is 1. The fourth-order valence-electron chi connectivity index (χ4n) is 2.58. The number of rotatable bonds is 6. The lowest BCUT2D eigenvalue weighted by Gasteiger charge is -2.26. The number of hydrogen-bond acceptors (Lipinski definition) is 3. The summed E-state index contributed by atoms with van der Waals surface area (Å²) in [7, 11) is 1.97. The van der Waals surface area contributed by atoms with Crippen molar-refractivity contribution in [1.29, 1.82) is 0 Å². The first kappa shape index (κ1) is 21.1. The van der Waals surface area contributed by atoms with Crippen molar-refractivity contribution >= 4 is 29.9 Å². The highest BCUT2D eigenvalue weighted by atomic mass is 127. The van der Waals surface area contributed by atoms with E-state index in [1.54, 1.807) is 12.1 Å². The molecule has 0 spiro atoms. The van der Waals surface area contributed by atoms with Gasteiger partial charge in [0, 0.05) is 39.8 Å². The highest BCUT2D eigenvalue weighted by Crippen LogP contribution is 2.06. The van der Waals surface area contributed by atoms with Crippen molar-refractivity contribution in [3.8, 4) is 0 Å². The minimum atomic E-state index is -0.204. The molecule has 0 unspecified atom stereocenters. The second-order valence-corrected chi connectivity index (χ2v) is 5.68. The van der Waals surface area contributed by atoms with Crippen molar-refractivity contribution in [2.75, 3.05) is 53.0 Å². The zero-order valence-electron chi connectivity index (χ0n) is 14.5. The van der Waals surface area contributed by atoms with E-state index in [0.29, 0.717) is 6.54 Å². The zero-order valence-corrected chi connectivity index (χ0v) is 16.8. The van der Waals surface area contributed by atoms with E-state index < -0.39 is 0 Å².